The van der Waals surface area contributed by atoms with Crippen LogP contribution in [0.25, 0.3) is 0 Å². The summed E-state index contributed by atoms with van der Waals surface area (Å²) in [5.41, 5.74) is -1.47. The Morgan fingerprint density at radius 1 is 0.581 bits per heavy atom. The minimum atomic E-state index is -4.38. The first-order chi connectivity index (χ1) is 20.3. The minimum absolute atomic E-state index is 0.238. The van der Waals surface area contributed by atoms with E-state index in [0.29, 0.717) is 7.14 Å². The third-order valence-corrected chi connectivity index (χ3v) is 10.3. The van der Waals surface area contributed by atoms with E-state index in [-0.39, 0.29) is 11.5 Å². The maximum absolute atomic E-state index is 12.4. The molecule has 0 saturated carbocycles. The fraction of sp³-hybridized carbons (Fsp3) is 0.438. The fourth-order valence-corrected chi connectivity index (χ4v) is 7.06. The molecule has 11 heteroatoms. The highest BCUT2D eigenvalue weighted by molar-refractivity contribution is 7.86. The van der Waals surface area contributed by atoms with Crippen molar-refractivity contribution in [3.63, 3.8) is 0 Å². The number of alkyl halides is 6. The number of halogens is 7. The molecule has 0 fully saturated rings. The van der Waals surface area contributed by atoms with Crippen molar-refractivity contribution in [3.8, 4) is 0 Å². The summed E-state index contributed by atoms with van der Waals surface area (Å²) in [6, 6.07) is 17.7. The molecule has 0 saturated heterocycles. The lowest BCUT2D eigenvalue weighted by Gasteiger charge is -2.05. The van der Waals surface area contributed by atoms with Gasteiger partial charge in [-0.25, -0.2) is 0 Å². The maximum atomic E-state index is 12.4. The molecule has 0 amide bonds. The van der Waals surface area contributed by atoms with Gasteiger partial charge in [-0.3, -0.25) is 4.18 Å². The van der Waals surface area contributed by atoms with Crippen molar-refractivity contribution in [2.45, 2.75) is 88.4 Å². The molecule has 0 N–H and O–H groups in total. The van der Waals surface area contributed by atoms with Gasteiger partial charge in [0.1, 0.15) is 0 Å². The lowest BCUT2D eigenvalue weighted by Crippen LogP contribution is -3.61. The monoisotopic (exact) mass is 743 g/mol. The summed E-state index contributed by atoms with van der Waals surface area (Å²) in [5.74, 6) is 0. The van der Waals surface area contributed by atoms with Gasteiger partial charge in [-0.05, 0) is 67.1 Å². The van der Waals surface area contributed by atoms with Gasteiger partial charge in [0.2, 0.25) is 0 Å². The van der Waals surface area contributed by atoms with Gasteiger partial charge in [0.25, 0.3) is 10.1 Å². The molecule has 0 spiro atoms. The number of hydrogen-bond donors (Lipinski definition) is 0. The lowest BCUT2D eigenvalue weighted by molar-refractivity contribution is -0.597. The van der Waals surface area contributed by atoms with Gasteiger partial charge in [-0.2, -0.15) is 34.8 Å². The Labute approximate surface area is 261 Å². The van der Waals surface area contributed by atoms with Gasteiger partial charge in [0, 0.05) is 0 Å². The maximum Gasteiger partial charge on any atom is 0.416 e. The molecule has 0 aliphatic rings. The molecule has 0 heterocycles. The standard InChI is InChI=1S/C18H30O3S.C14H8F6I/c1-2-3-4-5-6-7-8-9-10-14-17-21-22(19,20)18-15-12-11-13-16-18;15-13(16,17)9-1-5-11(6-2-9)21-12-7-3-10(4-8-12)14(18,19)20/h11-13,15-16H,2-10,14,17H2,1H3;1-8H/q;+1. The summed E-state index contributed by atoms with van der Waals surface area (Å²) in [5, 5.41) is 0. The first-order valence-corrected chi connectivity index (χ1v) is 17.8. The third kappa shape index (κ3) is 14.9. The molecule has 238 valence electrons. The average Bonchev–Trinajstić information content (AvgIpc) is 2.96. The molecular weight excluding hydrogens is 705 g/mol. The van der Waals surface area contributed by atoms with Crippen molar-refractivity contribution < 1.29 is 60.1 Å². The smallest absolute Gasteiger partial charge is 0.266 e. The van der Waals surface area contributed by atoms with E-state index in [1.807, 2.05) is 0 Å². The van der Waals surface area contributed by atoms with Crippen molar-refractivity contribution in [1.82, 2.24) is 0 Å². The second-order valence-corrected chi connectivity index (χ2v) is 14.5. The topological polar surface area (TPSA) is 43.4 Å². The SMILES string of the molecule is CCCCCCCCCCCCOS(=O)(=O)c1ccccc1.FC(F)(F)c1ccc([I+]c2ccc(C(F)(F)F)cc2)cc1. The molecule has 0 aliphatic carbocycles. The Morgan fingerprint density at radius 2 is 0.977 bits per heavy atom. The van der Waals surface area contributed by atoms with Gasteiger partial charge < -0.3 is 0 Å². The van der Waals surface area contributed by atoms with Crippen LogP contribution in [0.2, 0.25) is 0 Å². The Kier molecular flexibility index (Phi) is 16.1. The number of unbranched alkanes of at least 4 members (excludes halogenated alkanes) is 9. The van der Waals surface area contributed by atoms with Crippen molar-refractivity contribution in [1.29, 1.82) is 0 Å². The summed E-state index contributed by atoms with van der Waals surface area (Å²) in [7, 11) is -3.57. The van der Waals surface area contributed by atoms with Gasteiger partial charge >= 0.3 is 33.6 Å². The Balaban J connectivity index is 0.000000300. The van der Waals surface area contributed by atoms with Crippen molar-refractivity contribution in [2.24, 2.45) is 0 Å². The zero-order valence-electron chi connectivity index (χ0n) is 24.1. The van der Waals surface area contributed by atoms with Crippen LogP contribution in [0.15, 0.2) is 83.8 Å². The minimum Gasteiger partial charge on any atom is -0.266 e. The zero-order chi connectivity index (χ0) is 31.8. The molecule has 0 aliphatic heterocycles. The largest absolute Gasteiger partial charge is 0.416 e. The molecule has 0 atom stereocenters. The molecule has 0 unspecified atom stereocenters. The zero-order valence-corrected chi connectivity index (χ0v) is 27.0. The Hall–Kier alpha value is -2.12. The second-order valence-electron chi connectivity index (χ2n) is 9.87. The van der Waals surface area contributed by atoms with Crippen LogP contribution in [-0.2, 0) is 26.7 Å². The van der Waals surface area contributed by atoms with Crippen LogP contribution in [0.1, 0.15) is 82.3 Å². The van der Waals surface area contributed by atoms with E-state index < -0.39 is 54.8 Å². The molecule has 3 rings (SSSR count). The van der Waals surface area contributed by atoms with E-state index in [0.717, 1.165) is 37.1 Å². The van der Waals surface area contributed by atoms with E-state index in [9.17, 15) is 34.8 Å². The third-order valence-electron chi connectivity index (χ3n) is 6.33. The molecule has 0 aromatic heterocycles. The quantitative estimate of drug-likeness (QED) is 0.0719. The first-order valence-electron chi connectivity index (χ1n) is 14.3. The average molecular weight is 744 g/mol. The first kappa shape index (κ1) is 37.1. The van der Waals surface area contributed by atoms with E-state index in [2.05, 4.69) is 6.92 Å². The van der Waals surface area contributed by atoms with E-state index in [1.54, 1.807) is 30.3 Å². The van der Waals surface area contributed by atoms with E-state index in [1.165, 1.54) is 75.6 Å². The highest BCUT2D eigenvalue weighted by atomic mass is 127. The van der Waals surface area contributed by atoms with Crippen molar-refractivity contribution in [2.75, 3.05) is 6.61 Å². The van der Waals surface area contributed by atoms with Gasteiger partial charge in [0.05, 0.1) is 22.6 Å². The summed E-state index contributed by atoms with van der Waals surface area (Å²) in [4.78, 5) is 0.238. The lowest BCUT2D eigenvalue weighted by atomic mass is 10.1. The fourth-order valence-electron chi connectivity index (χ4n) is 3.94. The molecule has 3 aromatic rings. The summed E-state index contributed by atoms with van der Waals surface area (Å²) in [6.07, 6.45) is 3.50. The van der Waals surface area contributed by atoms with E-state index >= 15 is 0 Å². The highest BCUT2D eigenvalue weighted by Gasteiger charge is 2.32. The Morgan fingerprint density at radius 3 is 1.37 bits per heavy atom. The van der Waals surface area contributed by atoms with E-state index in [4.69, 9.17) is 4.18 Å². The molecule has 43 heavy (non-hydrogen) atoms. The summed E-state index contributed by atoms with van der Waals surface area (Å²) >= 11 is -0.805. The van der Waals surface area contributed by atoms with Crippen molar-refractivity contribution >= 4 is 10.1 Å². The van der Waals surface area contributed by atoms with Crippen LogP contribution in [0.3, 0.4) is 0 Å². The number of rotatable bonds is 15. The van der Waals surface area contributed by atoms with Crippen LogP contribution in [-0.4, -0.2) is 15.0 Å². The Bertz CT molecular complexity index is 1220. The van der Waals surface area contributed by atoms with Gasteiger partial charge in [-0.15, -0.1) is 0 Å². The van der Waals surface area contributed by atoms with Crippen molar-refractivity contribution in [3.05, 3.63) is 97.1 Å². The van der Waals surface area contributed by atoms with Gasteiger partial charge in [0.15, 0.2) is 7.14 Å². The molecular formula is C32H38F6IO3S+. The predicted octanol–water partition coefficient (Wildman–Crippen LogP) is 7.17. The number of benzene rings is 3. The van der Waals surface area contributed by atoms with Gasteiger partial charge in [-0.1, -0.05) is 82.9 Å². The van der Waals surface area contributed by atoms with Crippen LogP contribution in [0.4, 0.5) is 26.3 Å². The second kappa shape index (κ2) is 18.6. The van der Waals surface area contributed by atoms with Crippen LogP contribution < -0.4 is 21.2 Å². The number of hydrogen-bond acceptors (Lipinski definition) is 3. The summed E-state index contributed by atoms with van der Waals surface area (Å²) in [6.45, 7) is 2.52. The molecule has 3 aromatic carbocycles. The molecule has 3 nitrogen and oxygen atoms in total. The van der Waals surface area contributed by atoms with Crippen LogP contribution in [0.5, 0.6) is 0 Å². The predicted molar refractivity (Wildman–Crippen MR) is 152 cm³/mol. The van der Waals surface area contributed by atoms with Crippen LogP contribution in [0, 0.1) is 7.14 Å². The normalized spacial score (nSPS) is 12.1. The highest BCUT2D eigenvalue weighted by Crippen LogP contribution is 2.29. The summed E-state index contributed by atoms with van der Waals surface area (Å²) < 4.78 is 105. The molecule has 0 radical (unpaired) electrons. The molecule has 0 bridgehead atoms. The van der Waals surface area contributed by atoms with Crippen LogP contribution >= 0.6 is 0 Å².